The molecule has 0 bridgehead atoms. The Morgan fingerprint density at radius 3 is 2.78 bits per heavy atom. The van der Waals surface area contributed by atoms with Gasteiger partial charge in [0.1, 0.15) is 5.82 Å². The minimum atomic E-state index is -1.28. The summed E-state index contributed by atoms with van der Waals surface area (Å²) in [6, 6.07) is 3.97. The summed E-state index contributed by atoms with van der Waals surface area (Å²) in [5.41, 5.74) is 0.275. The standard InChI is InChI=1S/C13H14FNO3/c14-11-7-9(4-5-10(11)13(17)18)8-15-6-2-1-3-12(15)16/h4-5,7H,1-3,6,8H2,(H,17,18). The van der Waals surface area contributed by atoms with E-state index in [1.165, 1.54) is 12.1 Å². The first-order valence-electron chi connectivity index (χ1n) is 5.87. The maximum absolute atomic E-state index is 13.5. The average Bonchev–Trinajstić information content (AvgIpc) is 2.32. The summed E-state index contributed by atoms with van der Waals surface area (Å²) in [6.07, 6.45) is 2.40. The van der Waals surface area contributed by atoms with Crippen LogP contribution in [0.25, 0.3) is 0 Å². The highest BCUT2D eigenvalue weighted by Gasteiger charge is 2.19. The molecule has 4 nitrogen and oxygen atoms in total. The second-order valence-electron chi connectivity index (χ2n) is 4.39. The van der Waals surface area contributed by atoms with Crippen molar-refractivity contribution in [3.8, 4) is 0 Å². The van der Waals surface area contributed by atoms with Crippen LogP contribution in [0.3, 0.4) is 0 Å². The quantitative estimate of drug-likeness (QED) is 0.894. The van der Waals surface area contributed by atoms with E-state index in [0.29, 0.717) is 25.1 Å². The van der Waals surface area contributed by atoms with E-state index >= 15 is 0 Å². The van der Waals surface area contributed by atoms with E-state index in [1.54, 1.807) is 11.0 Å². The number of carboxylic acid groups (broad SMARTS) is 1. The van der Waals surface area contributed by atoms with Crippen molar-refractivity contribution in [2.45, 2.75) is 25.8 Å². The molecular weight excluding hydrogens is 237 g/mol. The molecule has 96 valence electrons. The molecule has 18 heavy (non-hydrogen) atoms. The van der Waals surface area contributed by atoms with Crippen LogP contribution in [0.5, 0.6) is 0 Å². The van der Waals surface area contributed by atoms with E-state index in [1.807, 2.05) is 0 Å². The molecule has 1 aromatic carbocycles. The number of piperidine rings is 1. The van der Waals surface area contributed by atoms with Crippen molar-refractivity contribution in [2.24, 2.45) is 0 Å². The van der Waals surface area contributed by atoms with Crippen LogP contribution >= 0.6 is 0 Å². The number of halogens is 1. The molecule has 1 aliphatic rings. The SMILES string of the molecule is O=C(O)c1ccc(CN2CCCCC2=O)cc1F. The number of carbonyl (C=O) groups excluding carboxylic acids is 1. The Kier molecular flexibility index (Phi) is 3.60. The zero-order chi connectivity index (χ0) is 13.1. The number of carboxylic acids is 1. The number of likely N-dealkylation sites (tertiary alicyclic amines) is 1. The van der Waals surface area contributed by atoms with Crippen LogP contribution in [0.4, 0.5) is 4.39 Å². The van der Waals surface area contributed by atoms with Gasteiger partial charge in [-0.3, -0.25) is 4.79 Å². The molecule has 5 heteroatoms. The van der Waals surface area contributed by atoms with E-state index in [-0.39, 0.29) is 11.5 Å². The molecule has 1 aromatic rings. The number of nitrogens with zero attached hydrogens (tertiary/aromatic N) is 1. The third-order valence-electron chi connectivity index (χ3n) is 3.06. The fourth-order valence-corrected chi connectivity index (χ4v) is 2.08. The topological polar surface area (TPSA) is 57.6 Å². The van der Waals surface area contributed by atoms with Gasteiger partial charge in [0.15, 0.2) is 0 Å². The Morgan fingerprint density at radius 1 is 1.39 bits per heavy atom. The fraction of sp³-hybridized carbons (Fsp3) is 0.385. The molecule has 1 amide bonds. The predicted octanol–water partition coefficient (Wildman–Crippen LogP) is 2.04. The largest absolute Gasteiger partial charge is 0.478 e. The number of aromatic carboxylic acids is 1. The number of hydrogen-bond acceptors (Lipinski definition) is 2. The van der Waals surface area contributed by atoms with Crippen molar-refractivity contribution in [1.29, 1.82) is 0 Å². The molecule has 0 radical (unpaired) electrons. The normalized spacial score (nSPS) is 15.8. The van der Waals surface area contributed by atoms with Crippen LogP contribution in [0.15, 0.2) is 18.2 Å². The van der Waals surface area contributed by atoms with Crippen molar-refractivity contribution in [3.05, 3.63) is 35.1 Å². The summed E-state index contributed by atoms with van der Waals surface area (Å²) in [4.78, 5) is 23.9. The van der Waals surface area contributed by atoms with Gasteiger partial charge in [0.25, 0.3) is 0 Å². The highest BCUT2D eigenvalue weighted by Crippen LogP contribution is 2.16. The molecule has 1 N–H and O–H groups in total. The lowest BCUT2D eigenvalue weighted by atomic mass is 10.1. The highest BCUT2D eigenvalue weighted by molar-refractivity contribution is 5.87. The van der Waals surface area contributed by atoms with Crippen molar-refractivity contribution >= 4 is 11.9 Å². The maximum Gasteiger partial charge on any atom is 0.338 e. The van der Waals surface area contributed by atoms with Crippen molar-refractivity contribution in [2.75, 3.05) is 6.54 Å². The van der Waals surface area contributed by atoms with Crippen LogP contribution < -0.4 is 0 Å². The lowest BCUT2D eigenvalue weighted by Crippen LogP contribution is -2.34. The molecule has 1 heterocycles. The summed E-state index contributed by atoms with van der Waals surface area (Å²) < 4.78 is 13.5. The van der Waals surface area contributed by atoms with E-state index in [0.717, 1.165) is 12.8 Å². The molecule has 0 spiro atoms. The Hall–Kier alpha value is -1.91. The molecule has 0 unspecified atom stereocenters. The second kappa shape index (κ2) is 5.16. The molecule has 1 fully saturated rings. The molecule has 1 aliphatic heterocycles. The van der Waals surface area contributed by atoms with Gasteiger partial charge >= 0.3 is 5.97 Å². The van der Waals surface area contributed by atoms with E-state index in [2.05, 4.69) is 0 Å². The smallest absolute Gasteiger partial charge is 0.338 e. The molecule has 0 aromatic heterocycles. The van der Waals surface area contributed by atoms with Crippen molar-refractivity contribution < 1.29 is 19.1 Å². The van der Waals surface area contributed by atoms with Gasteiger partial charge in [0, 0.05) is 19.5 Å². The first-order chi connectivity index (χ1) is 8.58. The average molecular weight is 251 g/mol. The summed E-state index contributed by atoms with van der Waals surface area (Å²) in [7, 11) is 0. The molecule has 0 atom stereocenters. The van der Waals surface area contributed by atoms with Gasteiger partial charge in [-0.2, -0.15) is 0 Å². The van der Waals surface area contributed by atoms with Crippen LogP contribution in [0, 0.1) is 5.82 Å². The van der Waals surface area contributed by atoms with Crippen molar-refractivity contribution in [1.82, 2.24) is 4.90 Å². The zero-order valence-electron chi connectivity index (χ0n) is 9.86. The summed E-state index contributed by atoms with van der Waals surface area (Å²) in [5, 5.41) is 8.72. The Bertz CT molecular complexity index is 487. The summed E-state index contributed by atoms with van der Waals surface area (Å²) in [6.45, 7) is 1.02. The Labute approximate surface area is 104 Å². The van der Waals surface area contributed by atoms with Gasteiger partial charge in [-0.15, -0.1) is 0 Å². The van der Waals surface area contributed by atoms with Gasteiger partial charge in [-0.1, -0.05) is 6.07 Å². The van der Waals surface area contributed by atoms with Gasteiger partial charge in [0.2, 0.25) is 5.91 Å². The van der Waals surface area contributed by atoms with Crippen LogP contribution in [0.2, 0.25) is 0 Å². The van der Waals surface area contributed by atoms with Gasteiger partial charge in [0.05, 0.1) is 5.56 Å². The number of rotatable bonds is 3. The van der Waals surface area contributed by atoms with Crippen molar-refractivity contribution in [3.63, 3.8) is 0 Å². The molecular formula is C13H14FNO3. The number of hydrogen-bond donors (Lipinski definition) is 1. The van der Waals surface area contributed by atoms with Crippen LogP contribution in [-0.2, 0) is 11.3 Å². The maximum atomic E-state index is 13.5. The molecule has 0 saturated carbocycles. The predicted molar refractivity (Wildman–Crippen MR) is 62.6 cm³/mol. The lowest BCUT2D eigenvalue weighted by molar-refractivity contribution is -0.133. The molecule has 0 aliphatic carbocycles. The zero-order valence-corrected chi connectivity index (χ0v) is 9.86. The monoisotopic (exact) mass is 251 g/mol. The lowest BCUT2D eigenvalue weighted by Gasteiger charge is -2.26. The van der Waals surface area contributed by atoms with E-state index < -0.39 is 11.8 Å². The summed E-state index contributed by atoms with van der Waals surface area (Å²) >= 11 is 0. The second-order valence-corrected chi connectivity index (χ2v) is 4.39. The minimum Gasteiger partial charge on any atom is -0.478 e. The van der Waals surface area contributed by atoms with Crippen LogP contribution in [0.1, 0.15) is 35.2 Å². The third kappa shape index (κ3) is 2.67. The Morgan fingerprint density at radius 2 is 2.17 bits per heavy atom. The third-order valence-corrected chi connectivity index (χ3v) is 3.06. The first-order valence-corrected chi connectivity index (χ1v) is 5.87. The molecule has 2 rings (SSSR count). The van der Waals surface area contributed by atoms with Gasteiger partial charge < -0.3 is 10.0 Å². The molecule has 1 saturated heterocycles. The number of benzene rings is 1. The van der Waals surface area contributed by atoms with Gasteiger partial charge in [-0.25, -0.2) is 9.18 Å². The number of carbonyl (C=O) groups is 2. The number of amides is 1. The van der Waals surface area contributed by atoms with E-state index in [9.17, 15) is 14.0 Å². The Balaban J connectivity index is 2.12. The fourth-order valence-electron chi connectivity index (χ4n) is 2.08. The van der Waals surface area contributed by atoms with E-state index in [4.69, 9.17) is 5.11 Å². The van der Waals surface area contributed by atoms with Crippen LogP contribution in [-0.4, -0.2) is 28.4 Å². The highest BCUT2D eigenvalue weighted by atomic mass is 19.1. The minimum absolute atomic E-state index is 0.0731. The van der Waals surface area contributed by atoms with Gasteiger partial charge in [-0.05, 0) is 30.5 Å². The first kappa shape index (κ1) is 12.5. The summed E-state index contributed by atoms with van der Waals surface area (Å²) in [5.74, 6) is -1.97.